The summed E-state index contributed by atoms with van der Waals surface area (Å²) in [7, 11) is 0. The van der Waals surface area contributed by atoms with Crippen molar-refractivity contribution in [2.75, 3.05) is 6.54 Å². The second-order valence-corrected chi connectivity index (χ2v) is 4.20. The van der Waals surface area contributed by atoms with Crippen molar-refractivity contribution in [1.29, 1.82) is 0 Å². The van der Waals surface area contributed by atoms with Crippen LogP contribution < -0.4 is 11.5 Å². The van der Waals surface area contributed by atoms with Crippen LogP contribution >= 0.6 is 22.6 Å². The van der Waals surface area contributed by atoms with E-state index >= 15 is 0 Å². The van der Waals surface area contributed by atoms with Gasteiger partial charge in [0, 0.05) is 12.6 Å². The third-order valence-corrected chi connectivity index (χ3v) is 2.73. The van der Waals surface area contributed by atoms with Gasteiger partial charge in [-0.3, -0.25) is 0 Å². The van der Waals surface area contributed by atoms with Crippen molar-refractivity contribution < 1.29 is 8.78 Å². The predicted molar refractivity (Wildman–Crippen MR) is 59.8 cm³/mol. The Balaban J connectivity index is 2.94. The van der Waals surface area contributed by atoms with Gasteiger partial charge in [-0.15, -0.1) is 0 Å². The highest BCUT2D eigenvalue weighted by Gasteiger charge is 2.13. The van der Waals surface area contributed by atoms with Crippen LogP contribution in [-0.4, -0.2) is 12.6 Å². The van der Waals surface area contributed by atoms with Gasteiger partial charge in [-0.05, 0) is 40.6 Å². The van der Waals surface area contributed by atoms with Crippen LogP contribution in [0.25, 0.3) is 0 Å². The smallest absolute Gasteiger partial charge is 0.172 e. The van der Waals surface area contributed by atoms with E-state index in [0.717, 1.165) is 0 Å². The number of halogens is 3. The minimum atomic E-state index is -0.819. The zero-order valence-corrected chi connectivity index (χ0v) is 9.59. The first kappa shape index (κ1) is 11.8. The number of hydrogen-bond acceptors (Lipinski definition) is 2. The fourth-order valence-corrected chi connectivity index (χ4v) is 1.51. The van der Waals surface area contributed by atoms with Crippen molar-refractivity contribution >= 4 is 22.6 Å². The van der Waals surface area contributed by atoms with E-state index in [1.54, 1.807) is 22.6 Å². The summed E-state index contributed by atoms with van der Waals surface area (Å²) >= 11 is 1.74. The molecule has 0 heterocycles. The lowest BCUT2D eigenvalue weighted by Crippen LogP contribution is -2.32. The second kappa shape index (κ2) is 4.99. The molecule has 0 aliphatic heterocycles. The van der Waals surface area contributed by atoms with Gasteiger partial charge in [0.05, 0.1) is 3.57 Å². The van der Waals surface area contributed by atoms with Crippen molar-refractivity contribution in [3.8, 4) is 0 Å². The molecule has 0 spiro atoms. The first-order valence-corrected chi connectivity index (χ1v) is 5.22. The maximum Gasteiger partial charge on any atom is 0.172 e. The quantitative estimate of drug-likeness (QED) is 0.655. The maximum absolute atomic E-state index is 13.3. The lowest BCUT2D eigenvalue weighted by atomic mass is 10.1. The summed E-state index contributed by atoms with van der Waals surface area (Å²) in [6.07, 6.45) is 0.260. The van der Waals surface area contributed by atoms with Crippen molar-refractivity contribution in [1.82, 2.24) is 0 Å². The highest BCUT2D eigenvalue weighted by Crippen LogP contribution is 2.18. The van der Waals surface area contributed by atoms with E-state index in [2.05, 4.69) is 0 Å². The molecule has 0 fully saturated rings. The van der Waals surface area contributed by atoms with Crippen LogP contribution in [0.4, 0.5) is 8.78 Å². The molecule has 1 aromatic carbocycles. The molecule has 78 valence electrons. The molecule has 0 amide bonds. The molecule has 0 saturated heterocycles. The Morgan fingerprint density at radius 3 is 2.50 bits per heavy atom. The highest BCUT2D eigenvalue weighted by molar-refractivity contribution is 14.1. The zero-order chi connectivity index (χ0) is 10.7. The summed E-state index contributed by atoms with van der Waals surface area (Å²) < 4.78 is 26.6. The van der Waals surface area contributed by atoms with Crippen molar-refractivity contribution in [2.45, 2.75) is 12.5 Å². The predicted octanol–water partition coefficient (Wildman–Crippen LogP) is 1.40. The summed E-state index contributed by atoms with van der Waals surface area (Å²) in [4.78, 5) is 0. The average molecular weight is 312 g/mol. The molecule has 0 aliphatic rings. The first-order chi connectivity index (χ1) is 6.56. The minimum absolute atomic E-state index is 0.257. The summed E-state index contributed by atoms with van der Waals surface area (Å²) in [5.74, 6) is -1.63. The van der Waals surface area contributed by atoms with Gasteiger partial charge >= 0.3 is 0 Å². The summed E-state index contributed by atoms with van der Waals surface area (Å²) in [6, 6.07) is 2.73. The lowest BCUT2D eigenvalue weighted by Gasteiger charge is -2.10. The SMILES string of the molecule is NCC(N)Cc1ccc(I)c(F)c1F. The van der Waals surface area contributed by atoms with E-state index in [-0.39, 0.29) is 28.1 Å². The van der Waals surface area contributed by atoms with Crippen LogP contribution in [0.5, 0.6) is 0 Å². The molecule has 1 atom stereocenters. The summed E-state index contributed by atoms with van der Waals surface area (Å²) in [5, 5.41) is 0. The number of rotatable bonds is 3. The van der Waals surface area contributed by atoms with Gasteiger partial charge < -0.3 is 11.5 Å². The van der Waals surface area contributed by atoms with E-state index in [0.29, 0.717) is 0 Å². The molecule has 0 bridgehead atoms. The summed E-state index contributed by atoms with van der Waals surface area (Å²) in [5.41, 5.74) is 11.1. The van der Waals surface area contributed by atoms with Crippen LogP contribution in [0.15, 0.2) is 12.1 Å². The fraction of sp³-hybridized carbons (Fsp3) is 0.333. The van der Waals surface area contributed by atoms with Gasteiger partial charge in [0.1, 0.15) is 0 Å². The van der Waals surface area contributed by atoms with E-state index in [4.69, 9.17) is 11.5 Å². The van der Waals surface area contributed by atoms with Gasteiger partial charge in [-0.1, -0.05) is 6.07 Å². The molecular formula is C9H11F2IN2. The van der Waals surface area contributed by atoms with Crippen LogP contribution in [0.2, 0.25) is 0 Å². The van der Waals surface area contributed by atoms with Crippen LogP contribution in [-0.2, 0) is 6.42 Å². The Morgan fingerprint density at radius 1 is 1.29 bits per heavy atom. The first-order valence-electron chi connectivity index (χ1n) is 4.14. The molecule has 4 N–H and O–H groups in total. The molecule has 0 radical (unpaired) electrons. The van der Waals surface area contributed by atoms with E-state index < -0.39 is 11.6 Å². The Kier molecular flexibility index (Phi) is 4.21. The largest absolute Gasteiger partial charge is 0.329 e. The summed E-state index contributed by atoms with van der Waals surface area (Å²) in [6.45, 7) is 0.257. The normalized spacial score (nSPS) is 12.9. The van der Waals surface area contributed by atoms with Crippen molar-refractivity contribution in [3.05, 3.63) is 32.9 Å². The van der Waals surface area contributed by atoms with E-state index in [1.807, 2.05) is 0 Å². The topological polar surface area (TPSA) is 52.0 Å². The van der Waals surface area contributed by atoms with Gasteiger partial charge in [0.15, 0.2) is 11.6 Å². The third kappa shape index (κ3) is 2.61. The highest BCUT2D eigenvalue weighted by atomic mass is 127. The Hall–Kier alpha value is -0.270. The standard InChI is InChI=1S/C9H11F2IN2/c10-8-5(3-6(14)4-13)1-2-7(12)9(8)11/h1-2,6H,3-4,13-14H2. The van der Waals surface area contributed by atoms with Crippen LogP contribution in [0, 0.1) is 15.2 Å². The molecule has 1 aromatic rings. The molecule has 0 aromatic heterocycles. The second-order valence-electron chi connectivity index (χ2n) is 3.03. The molecule has 5 heteroatoms. The third-order valence-electron chi connectivity index (χ3n) is 1.90. The lowest BCUT2D eigenvalue weighted by molar-refractivity contribution is 0.489. The monoisotopic (exact) mass is 312 g/mol. The van der Waals surface area contributed by atoms with Gasteiger partial charge in [0.25, 0.3) is 0 Å². The maximum atomic E-state index is 13.3. The van der Waals surface area contributed by atoms with E-state index in [9.17, 15) is 8.78 Å². The molecule has 2 nitrogen and oxygen atoms in total. The van der Waals surface area contributed by atoms with Crippen LogP contribution in [0.3, 0.4) is 0 Å². The minimum Gasteiger partial charge on any atom is -0.329 e. The number of benzene rings is 1. The van der Waals surface area contributed by atoms with Crippen molar-refractivity contribution in [2.24, 2.45) is 11.5 Å². The molecule has 0 aliphatic carbocycles. The van der Waals surface area contributed by atoms with E-state index in [1.165, 1.54) is 12.1 Å². The average Bonchev–Trinajstić information content (AvgIpc) is 2.19. The molecule has 1 rings (SSSR count). The Labute approximate surface area is 94.8 Å². The van der Waals surface area contributed by atoms with Crippen LogP contribution in [0.1, 0.15) is 5.56 Å². The molecule has 1 unspecified atom stereocenters. The van der Waals surface area contributed by atoms with Gasteiger partial charge in [0.2, 0.25) is 0 Å². The fourth-order valence-electron chi connectivity index (χ4n) is 1.09. The van der Waals surface area contributed by atoms with Gasteiger partial charge in [-0.2, -0.15) is 0 Å². The zero-order valence-electron chi connectivity index (χ0n) is 7.43. The number of hydrogen-bond donors (Lipinski definition) is 2. The molecular weight excluding hydrogens is 301 g/mol. The molecule has 0 saturated carbocycles. The van der Waals surface area contributed by atoms with Gasteiger partial charge in [-0.25, -0.2) is 8.78 Å². The Morgan fingerprint density at radius 2 is 1.93 bits per heavy atom. The molecule has 14 heavy (non-hydrogen) atoms. The Bertz CT molecular complexity index is 331. The number of nitrogens with two attached hydrogens (primary N) is 2. The van der Waals surface area contributed by atoms with Crippen molar-refractivity contribution in [3.63, 3.8) is 0 Å².